The Bertz CT molecular complexity index is 398. The van der Waals surface area contributed by atoms with Crippen molar-refractivity contribution < 1.29 is 4.79 Å². The van der Waals surface area contributed by atoms with E-state index in [1.807, 2.05) is 6.92 Å². The zero-order valence-corrected chi connectivity index (χ0v) is 9.92. The highest BCUT2D eigenvalue weighted by molar-refractivity contribution is 6.28. The average molecular weight is 240 g/mol. The molecule has 0 unspecified atom stereocenters. The lowest BCUT2D eigenvalue weighted by atomic mass is 9.94. The van der Waals surface area contributed by atoms with Gasteiger partial charge in [0.2, 0.25) is 5.28 Å². The summed E-state index contributed by atoms with van der Waals surface area (Å²) in [6, 6.07) is 0.322. The van der Waals surface area contributed by atoms with Crippen LogP contribution in [0.5, 0.6) is 0 Å². The first-order valence-corrected chi connectivity index (χ1v) is 5.80. The Hall–Kier alpha value is -1.16. The lowest BCUT2D eigenvalue weighted by Gasteiger charge is -2.23. The number of nitrogens with one attached hydrogen (secondary N) is 1. The van der Waals surface area contributed by atoms with Crippen LogP contribution in [0.2, 0.25) is 5.28 Å². The molecule has 1 heterocycles. The van der Waals surface area contributed by atoms with Crippen molar-refractivity contribution in [3.63, 3.8) is 0 Å². The second-order valence-corrected chi connectivity index (χ2v) is 4.47. The molecule has 1 aliphatic carbocycles. The van der Waals surface area contributed by atoms with Crippen molar-refractivity contribution in [2.45, 2.75) is 38.6 Å². The molecule has 0 bridgehead atoms. The number of rotatable bonds is 2. The number of carbonyl (C=O) groups is 1. The fourth-order valence-electron chi connectivity index (χ4n) is 1.84. The first-order chi connectivity index (χ1) is 7.65. The third-order valence-electron chi connectivity index (χ3n) is 2.83. The highest BCUT2D eigenvalue weighted by Crippen LogP contribution is 2.21. The van der Waals surface area contributed by atoms with Crippen LogP contribution in [0.15, 0.2) is 6.20 Å². The molecule has 0 spiro atoms. The molecule has 0 radical (unpaired) electrons. The van der Waals surface area contributed by atoms with Gasteiger partial charge in [0.05, 0.1) is 0 Å². The molecule has 0 aliphatic heterocycles. The van der Waals surface area contributed by atoms with Crippen molar-refractivity contribution in [2.24, 2.45) is 0 Å². The van der Waals surface area contributed by atoms with Crippen molar-refractivity contribution in [1.29, 1.82) is 0 Å². The molecule has 5 heteroatoms. The molecule has 0 amide bonds. The fourth-order valence-corrected chi connectivity index (χ4v) is 1.98. The number of hydrogen-bond donors (Lipinski definition) is 1. The molecule has 1 aromatic rings. The van der Waals surface area contributed by atoms with Crippen LogP contribution in [0.25, 0.3) is 0 Å². The second kappa shape index (κ2) is 4.78. The third-order valence-corrected chi connectivity index (χ3v) is 3.01. The van der Waals surface area contributed by atoms with Crippen LogP contribution in [-0.4, -0.2) is 21.8 Å². The number of nitrogens with zero attached hydrogens (tertiary/aromatic N) is 2. The van der Waals surface area contributed by atoms with Gasteiger partial charge in [0, 0.05) is 30.6 Å². The summed E-state index contributed by atoms with van der Waals surface area (Å²) in [5.74, 6) is 1.13. The van der Waals surface area contributed by atoms with Gasteiger partial charge in [-0.15, -0.1) is 0 Å². The molecule has 0 aromatic carbocycles. The van der Waals surface area contributed by atoms with Gasteiger partial charge >= 0.3 is 0 Å². The normalized spacial score (nSPS) is 17.5. The smallest absolute Gasteiger partial charge is 0.224 e. The zero-order chi connectivity index (χ0) is 11.5. The Morgan fingerprint density at radius 1 is 1.44 bits per heavy atom. The Morgan fingerprint density at radius 2 is 2.12 bits per heavy atom. The van der Waals surface area contributed by atoms with Gasteiger partial charge in [0.15, 0.2) is 0 Å². The van der Waals surface area contributed by atoms with Gasteiger partial charge in [-0.05, 0) is 31.4 Å². The summed E-state index contributed by atoms with van der Waals surface area (Å²) in [6.07, 6.45) is 4.77. The van der Waals surface area contributed by atoms with Crippen molar-refractivity contribution >= 4 is 23.2 Å². The summed E-state index contributed by atoms with van der Waals surface area (Å²) >= 11 is 5.74. The monoisotopic (exact) mass is 239 g/mol. The molecule has 1 N–H and O–H groups in total. The topological polar surface area (TPSA) is 54.9 Å². The summed E-state index contributed by atoms with van der Waals surface area (Å²) in [5, 5.41) is 3.57. The van der Waals surface area contributed by atoms with Crippen molar-refractivity contribution in [3.05, 3.63) is 17.0 Å². The Morgan fingerprint density at radius 3 is 2.81 bits per heavy atom. The molecule has 1 aromatic heterocycles. The quantitative estimate of drug-likeness (QED) is 0.805. The highest BCUT2D eigenvalue weighted by Gasteiger charge is 2.19. The summed E-state index contributed by atoms with van der Waals surface area (Å²) in [7, 11) is 0. The molecule has 1 aliphatic rings. The predicted molar refractivity (Wildman–Crippen MR) is 62.7 cm³/mol. The van der Waals surface area contributed by atoms with Crippen LogP contribution in [-0.2, 0) is 4.79 Å². The minimum atomic E-state index is 0.250. The van der Waals surface area contributed by atoms with E-state index >= 15 is 0 Å². The molecule has 86 valence electrons. The van der Waals surface area contributed by atoms with Crippen LogP contribution < -0.4 is 5.32 Å². The summed E-state index contributed by atoms with van der Waals surface area (Å²) in [4.78, 5) is 19.2. The van der Waals surface area contributed by atoms with Crippen molar-refractivity contribution in [2.75, 3.05) is 5.32 Å². The van der Waals surface area contributed by atoms with Gasteiger partial charge < -0.3 is 5.32 Å². The maximum absolute atomic E-state index is 11.1. The molecule has 4 nitrogen and oxygen atoms in total. The SMILES string of the molecule is Cc1cnc(Cl)nc1NC1CCC(=O)CC1. The van der Waals surface area contributed by atoms with E-state index in [0.29, 0.717) is 24.7 Å². The minimum Gasteiger partial charge on any atom is -0.367 e. The number of aryl methyl sites for hydroxylation is 1. The van der Waals surface area contributed by atoms with Gasteiger partial charge in [0.25, 0.3) is 0 Å². The van der Waals surface area contributed by atoms with Crippen molar-refractivity contribution in [3.8, 4) is 0 Å². The number of ketones is 1. The number of Topliss-reactive ketones (excluding diaryl/α,β-unsaturated/α-hetero) is 1. The lowest BCUT2D eigenvalue weighted by molar-refractivity contribution is -0.120. The summed E-state index contributed by atoms with van der Waals surface area (Å²) in [6.45, 7) is 1.94. The molecule has 1 saturated carbocycles. The minimum absolute atomic E-state index is 0.250. The van der Waals surface area contributed by atoms with E-state index in [9.17, 15) is 4.79 Å². The zero-order valence-electron chi connectivity index (χ0n) is 9.16. The predicted octanol–water partition coefficient (Wildman–Crippen LogP) is 2.36. The van der Waals surface area contributed by atoms with Crippen LogP contribution in [0.4, 0.5) is 5.82 Å². The molecular formula is C11H14ClN3O. The van der Waals surface area contributed by atoms with E-state index < -0.39 is 0 Å². The molecule has 1 fully saturated rings. The van der Waals surface area contributed by atoms with Crippen LogP contribution in [0, 0.1) is 6.92 Å². The van der Waals surface area contributed by atoms with Crippen LogP contribution >= 0.6 is 11.6 Å². The third kappa shape index (κ3) is 2.70. The van der Waals surface area contributed by atoms with Crippen LogP contribution in [0.3, 0.4) is 0 Å². The van der Waals surface area contributed by atoms with Gasteiger partial charge in [0.1, 0.15) is 11.6 Å². The average Bonchev–Trinajstić information content (AvgIpc) is 2.27. The van der Waals surface area contributed by atoms with E-state index in [2.05, 4.69) is 15.3 Å². The van der Waals surface area contributed by atoms with Crippen molar-refractivity contribution in [1.82, 2.24) is 9.97 Å². The van der Waals surface area contributed by atoms with Gasteiger partial charge in [-0.2, -0.15) is 0 Å². The number of halogens is 1. The molecular weight excluding hydrogens is 226 g/mol. The standard InChI is InChI=1S/C11H14ClN3O/c1-7-6-13-11(12)15-10(7)14-8-2-4-9(16)5-3-8/h6,8H,2-5H2,1H3,(H,13,14,15). The maximum Gasteiger partial charge on any atom is 0.224 e. The Balaban J connectivity index is 2.03. The molecule has 0 saturated heterocycles. The highest BCUT2D eigenvalue weighted by atomic mass is 35.5. The number of anilines is 1. The Labute approximate surface area is 99.4 Å². The lowest BCUT2D eigenvalue weighted by Crippen LogP contribution is -2.26. The van der Waals surface area contributed by atoms with Gasteiger partial charge in [-0.3, -0.25) is 4.79 Å². The summed E-state index contributed by atoms with van der Waals surface area (Å²) in [5.41, 5.74) is 0.973. The second-order valence-electron chi connectivity index (χ2n) is 4.13. The maximum atomic E-state index is 11.1. The number of hydrogen-bond acceptors (Lipinski definition) is 4. The first-order valence-electron chi connectivity index (χ1n) is 5.42. The Kier molecular flexibility index (Phi) is 3.39. The van der Waals surface area contributed by atoms with Crippen LogP contribution in [0.1, 0.15) is 31.2 Å². The van der Waals surface area contributed by atoms with E-state index in [4.69, 9.17) is 11.6 Å². The largest absolute Gasteiger partial charge is 0.367 e. The van der Waals surface area contributed by atoms with E-state index in [-0.39, 0.29) is 5.28 Å². The van der Waals surface area contributed by atoms with E-state index in [0.717, 1.165) is 24.2 Å². The molecule has 2 rings (SSSR count). The number of aromatic nitrogens is 2. The number of carbonyl (C=O) groups excluding carboxylic acids is 1. The molecule has 16 heavy (non-hydrogen) atoms. The van der Waals surface area contributed by atoms with E-state index in [1.54, 1.807) is 6.20 Å². The molecule has 0 atom stereocenters. The van der Waals surface area contributed by atoms with Gasteiger partial charge in [-0.25, -0.2) is 9.97 Å². The summed E-state index contributed by atoms with van der Waals surface area (Å²) < 4.78 is 0. The van der Waals surface area contributed by atoms with E-state index in [1.165, 1.54) is 0 Å². The first kappa shape index (κ1) is 11.3. The van der Waals surface area contributed by atoms with Gasteiger partial charge in [-0.1, -0.05) is 0 Å². The fraction of sp³-hybridized carbons (Fsp3) is 0.545.